The Kier molecular flexibility index (Phi) is 4.40. The third-order valence-corrected chi connectivity index (χ3v) is 4.10. The zero-order chi connectivity index (χ0) is 12.3. The summed E-state index contributed by atoms with van der Waals surface area (Å²) >= 11 is 0. The molecule has 3 atom stereocenters. The lowest BCUT2D eigenvalue weighted by molar-refractivity contribution is -0.140. The van der Waals surface area contributed by atoms with Crippen LogP contribution in [0.15, 0.2) is 0 Å². The average molecular weight is 240 g/mol. The lowest BCUT2D eigenvalue weighted by Gasteiger charge is -2.37. The molecule has 0 aliphatic carbocycles. The maximum Gasteiger partial charge on any atom is 0.227 e. The number of hydrogen-bond acceptors (Lipinski definition) is 3. The van der Waals surface area contributed by atoms with Crippen molar-refractivity contribution in [2.75, 3.05) is 26.7 Å². The quantitative estimate of drug-likeness (QED) is 0.783. The van der Waals surface area contributed by atoms with E-state index < -0.39 is 0 Å². The summed E-state index contributed by atoms with van der Waals surface area (Å²) in [5, 5.41) is 3.40. The van der Waals surface area contributed by atoms with Gasteiger partial charge in [0, 0.05) is 26.2 Å². The zero-order valence-electron chi connectivity index (χ0n) is 10.9. The predicted molar refractivity (Wildman–Crippen MR) is 66.8 cm³/mol. The smallest absolute Gasteiger partial charge is 0.227 e. The van der Waals surface area contributed by atoms with Crippen LogP contribution < -0.4 is 5.32 Å². The molecular formula is C13H24N2O2. The van der Waals surface area contributed by atoms with E-state index in [0.717, 1.165) is 45.3 Å². The number of likely N-dealkylation sites (tertiary alicyclic amines) is 1. The van der Waals surface area contributed by atoms with Gasteiger partial charge in [0.15, 0.2) is 0 Å². The van der Waals surface area contributed by atoms with Crippen LogP contribution in [-0.4, -0.2) is 49.7 Å². The minimum absolute atomic E-state index is 0.166. The molecule has 0 aromatic carbocycles. The third-order valence-electron chi connectivity index (χ3n) is 4.10. The molecule has 0 spiro atoms. The van der Waals surface area contributed by atoms with Crippen LogP contribution >= 0.6 is 0 Å². The predicted octanol–water partition coefficient (Wildman–Crippen LogP) is 1.01. The molecule has 17 heavy (non-hydrogen) atoms. The van der Waals surface area contributed by atoms with E-state index in [1.807, 2.05) is 4.90 Å². The molecule has 2 saturated heterocycles. The Morgan fingerprint density at radius 3 is 2.88 bits per heavy atom. The Morgan fingerprint density at radius 1 is 1.35 bits per heavy atom. The molecule has 0 aromatic heterocycles. The first kappa shape index (κ1) is 12.8. The van der Waals surface area contributed by atoms with E-state index in [-0.39, 0.29) is 12.0 Å². The van der Waals surface area contributed by atoms with Crippen LogP contribution in [0, 0.1) is 5.92 Å². The van der Waals surface area contributed by atoms with Crippen molar-refractivity contribution in [2.24, 2.45) is 5.92 Å². The summed E-state index contributed by atoms with van der Waals surface area (Å²) in [6, 6.07) is 0.319. The molecule has 3 unspecified atom stereocenters. The topological polar surface area (TPSA) is 41.6 Å². The Bertz CT molecular complexity index is 270. The fourth-order valence-electron chi connectivity index (χ4n) is 2.95. The highest BCUT2D eigenvalue weighted by atomic mass is 16.5. The summed E-state index contributed by atoms with van der Waals surface area (Å²) in [6.45, 7) is 4.85. The molecule has 4 nitrogen and oxygen atoms in total. The largest absolute Gasteiger partial charge is 0.380 e. The number of carbonyl (C=O) groups excluding carboxylic acids is 1. The summed E-state index contributed by atoms with van der Waals surface area (Å²) in [7, 11) is 1.74. The standard InChI is InChI=1S/C13H24N2O2/c1-10-12(6-3-7-14-10)13(16)15-8-4-5-11(9-15)17-2/h10-12,14H,3-9H2,1-2H3. The minimum atomic E-state index is 0.166. The van der Waals surface area contributed by atoms with Crippen LogP contribution in [0.2, 0.25) is 0 Å². The highest BCUT2D eigenvalue weighted by molar-refractivity contribution is 5.79. The van der Waals surface area contributed by atoms with E-state index in [0.29, 0.717) is 11.9 Å². The Balaban J connectivity index is 1.93. The second-order valence-corrected chi connectivity index (χ2v) is 5.28. The summed E-state index contributed by atoms with van der Waals surface area (Å²) in [5.41, 5.74) is 0. The molecular weight excluding hydrogens is 216 g/mol. The lowest BCUT2D eigenvalue weighted by Crippen LogP contribution is -2.51. The van der Waals surface area contributed by atoms with Crippen molar-refractivity contribution < 1.29 is 9.53 Å². The summed E-state index contributed by atoms with van der Waals surface area (Å²) in [4.78, 5) is 14.5. The Morgan fingerprint density at radius 2 is 2.18 bits per heavy atom. The van der Waals surface area contributed by atoms with Gasteiger partial charge >= 0.3 is 0 Å². The van der Waals surface area contributed by atoms with Crippen molar-refractivity contribution in [3.05, 3.63) is 0 Å². The lowest BCUT2D eigenvalue weighted by atomic mass is 9.90. The summed E-state index contributed by atoms with van der Waals surface area (Å²) < 4.78 is 5.38. The maximum absolute atomic E-state index is 12.5. The fraction of sp³-hybridized carbons (Fsp3) is 0.923. The molecule has 2 aliphatic heterocycles. The van der Waals surface area contributed by atoms with Gasteiger partial charge in [0.2, 0.25) is 5.91 Å². The number of nitrogens with zero attached hydrogens (tertiary/aromatic N) is 1. The van der Waals surface area contributed by atoms with E-state index in [2.05, 4.69) is 12.2 Å². The molecule has 2 rings (SSSR count). The van der Waals surface area contributed by atoms with Gasteiger partial charge in [-0.3, -0.25) is 4.79 Å². The van der Waals surface area contributed by atoms with Gasteiger partial charge in [0.1, 0.15) is 0 Å². The van der Waals surface area contributed by atoms with Crippen LogP contribution in [0.25, 0.3) is 0 Å². The first-order valence-electron chi connectivity index (χ1n) is 6.77. The van der Waals surface area contributed by atoms with Gasteiger partial charge in [-0.25, -0.2) is 0 Å². The minimum Gasteiger partial charge on any atom is -0.380 e. The molecule has 98 valence electrons. The average Bonchev–Trinajstić information content (AvgIpc) is 2.38. The van der Waals surface area contributed by atoms with Crippen molar-refractivity contribution >= 4 is 5.91 Å². The number of carbonyl (C=O) groups is 1. The SMILES string of the molecule is COC1CCCN(C(=O)C2CCCNC2C)C1. The van der Waals surface area contributed by atoms with E-state index in [1.165, 1.54) is 0 Å². The van der Waals surface area contributed by atoms with E-state index in [1.54, 1.807) is 7.11 Å². The maximum atomic E-state index is 12.5. The van der Waals surface area contributed by atoms with E-state index >= 15 is 0 Å². The van der Waals surface area contributed by atoms with Crippen LogP contribution in [0.3, 0.4) is 0 Å². The van der Waals surface area contributed by atoms with Gasteiger partial charge in [0.05, 0.1) is 12.0 Å². The number of piperidine rings is 2. The molecule has 4 heteroatoms. The fourth-order valence-corrected chi connectivity index (χ4v) is 2.95. The van der Waals surface area contributed by atoms with E-state index in [9.17, 15) is 4.79 Å². The number of amides is 1. The van der Waals surface area contributed by atoms with Gasteiger partial charge in [0.25, 0.3) is 0 Å². The van der Waals surface area contributed by atoms with Crippen LogP contribution in [0.4, 0.5) is 0 Å². The van der Waals surface area contributed by atoms with Crippen LogP contribution in [-0.2, 0) is 9.53 Å². The van der Waals surface area contributed by atoms with Gasteiger partial charge in [-0.2, -0.15) is 0 Å². The van der Waals surface area contributed by atoms with Gasteiger partial charge in [-0.15, -0.1) is 0 Å². The highest BCUT2D eigenvalue weighted by Gasteiger charge is 2.33. The molecule has 2 aliphatic rings. The number of nitrogens with one attached hydrogen (secondary N) is 1. The molecule has 0 radical (unpaired) electrons. The molecule has 0 saturated carbocycles. The van der Waals surface area contributed by atoms with Crippen LogP contribution in [0.1, 0.15) is 32.6 Å². The van der Waals surface area contributed by atoms with Crippen LogP contribution in [0.5, 0.6) is 0 Å². The van der Waals surface area contributed by atoms with Gasteiger partial charge < -0.3 is 15.0 Å². The Hall–Kier alpha value is -0.610. The first-order valence-corrected chi connectivity index (χ1v) is 6.77. The second-order valence-electron chi connectivity index (χ2n) is 5.28. The number of ether oxygens (including phenoxy) is 1. The number of rotatable bonds is 2. The van der Waals surface area contributed by atoms with Gasteiger partial charge in [-0.1, -0.05) is 0 Å². The zero-order valence-corrected chi connectivity index (χ0v) is 10.9. The van der Waals surface area contributed by atoms with Crippen molar-refractivity contribution in [1.82, 2.24) is 10.2 Å². The third kappa shape index (κ3) is 2.99. The van der Waals surface area contributed by atoms with Crippen molar-refractivity contribution in [3.8, 4) is 0 Å². The number of hydrogen-bond donors (Lipinski definition) is 1. The van der Waals surface area contributed by atoms with Crippen molar-refractivity contribution in [1.29, 1.82) is 0 Å². The second kappa shape index (κ2) is 5.83. The normalized spacial score (nSPS) is 34.7. The van der Waals surface area contributed by atoms with Crippen molar-refractivity contribution in [3.63, 3.8) is 0 Å². The Labute approximate surface area is 104 Å². The summed E-state index contributed by atoms with van der Waals surface area (Å²) in [5.74, 6) is 0.491. The van der Waals surface area contributed by atoms with E-state index in [4.69, 9.17) is 4.74 Å². The molecule has 0 bridgehead atoms. The molecule has 0 aromatic rings. The van der Waals surface area contributed by atoms with Crippen molar-refractivity contribution in [2.45, 2.75) is 44.8 Å². The first-order chi connectivity index (χ1) is 8.22. The molecule has 1 amide bonds. The molecule has 2 heterocycles. The molecule has 2 fully saturated rings. The molecule has 1 N–H and O–H groups in total. The number of methoxy groups -OCH3 is 1. The summed E-state index contributed by atoms with van der Waals surface area (Å²) in [6.07, 6.45) is 4.53. The van der Waals surface area contributed by atoms with Gasteiger partial charge in [-0.05, 0) is 39.2 Å². The monoisotopic (exact) mass is 240 g/mol. The highest BCUT2D eigenvalue weighted by Crippen LogP contribution is 2.22.